The van der Waals surface area contributed by atoms with Crippen molar-refractivity contribution in [3.05, 3.63) is 59.2 Å². The van der Waals surface area contributed by atoms with Crippen LogP contribution in [0.15, 0.2) is 47.4 Å². The molecule has 0 unspecified atom stereocenters. The van der Waals surface area contributed by atoms with Gasteiger partial charge in [-0.05, 0) is 50.6 Å². The normalized spacial score (nSPS) is 12.5. The first-order chi connectivity index (χ1) is 12.2. The molecule has 0 fully saturated rings. The Morgan fingerprint density at radius 3 is 2.38 bits per heavy atom. The van der Waals surface area contributed by atoms with E-state index in [9.17, 15) is 13.2 Å². The van der Waals surface area contributed by atoms with Crippen LogP contribution in [0.1, 0.15) is 28.4 Å². The number of benzene rings is 2. The highest BCUT2D eigenvalue weighted by atomic mass is 32.2. The minimum Gasteiger partial charge on any atom is -0.383 e. The maximum absolute atomic E-state index is 12.7. The van der Waals surface area contributed by atoms with Crippen LogP contribution >= 0.6 is 0 Å². The molecule has 0 aliphatic carbocycles. The fourth-order valence-corrected chi connectivity index (χ4v) is 3.79. The number of carbonyl (C=O) groups is 1. The summed E-state index contributed by atoms with van der Waals surface area (Å²) in [6.07, 6.45) is 0. The maximum Gasteiger partial charge on any atom is 0.262 e. The van der Waals surface area contributed by atoms with Crippen molar-refractivity contribution in [3.63, 3.8) is 0 Å². The minimum absolute atomic E-state index is 0.0742. The average Bonchev–Trinajstić information content (AvgIpc) is 2.57. The zero-order valence-electron chi connectivity index (χ0n) is 15.4. The molecular weight excluding hydrogens is 352 g/mol. The number of aryl methyl sites for hydroxylation is 2. The summed E-state index contributed by atoms with van der Waals surface area (Å²) in [5.41, 5.74) is 2.35. The summed E-state index contributed by atoms with van der Waals surface area (Å²) in [4.78, 5) is 12.4. The van der Waals surface area contributed by atoms with E-state index in [0.717, 1.165) is 5.56 Å². The first kappa shape index (κ1) is 19.9. The molecule has 0 spiro atoms. The molecule has 0 radical (unpaired) electrons. The van der Waals surface area contributed by atoms with Gasteiger partial charge < -0.3 is 10.1 Å². The predicted molar refractivity (Wildman–Crippen MR) is 102 cm³/mol. The maximum atomic E-state index is 12.7. The lowest BCUT2D eigenvalue weighted by Gasteiger charge is -2.15. The van der Waals surface area contributed by atoms with Gasteiger partial charge in [-0.2, -0.15) is 0 Å². The summed E-state index contributed by atoms with van der Waals surface area (Å²) in [7, 11) is -2.25. The third-order valence-electron chi connectivity index (χ3n) is 3.84. The van der Waals surface area contributed by atoms with Gasteiger partial charge in [0.1, 0.15) is 0 Å². The summed E-state index contributed by atoms with van der Waals surface area (Å²) in [6, 6.07) is 11.5. The van der Waals surface area contributed by atoms with Crippen LogP contribution in [0, 0.1) is 13.8 Å². The standard InChI is InChI=1S/C19H24N2O4S/c1-13-5-9-17(10-6-13)21-26(23,24)18-11-16(8-7-14(18)2)19(22)20-15(3)12-25-4/h5-11,15,21H,12H2,1-4H3,(H,20,22)/t15-/m1/s1. The van der Waals surface area contributed by atoms with Crippen LogP contribution in [0.25, 0.3) is 0 Å². The topological polar surface area (TPSA) is 84.5 Å². The smallest absolute Gasteiger partial charge is 0.262 e. The molecule has 6 nitrogen and oxygen atoms in total. The van der Waals surface area contributed by atoms with E-state index in [0.29, 0.717) is 17.9 Å². The minimum atomic E-state index is -3.81. The number of ether oxygens (including phenoxy) is 1. The Morgan fingerprint density at radius 1 is 1.12 bits per heavy atom. The molecule has 2 aromatic rings. The number of anilines is 1. The van der Waals surface area contributed by atoms with Crippen molar-refractivity contribution < 1.29 is 17.9 Å². The van der Waals surface area contributed by atoms with Crippen molar-refractivity contribution in [2.45, 2.75) is 31.7 Å². The quantitative estimate of drug-likeness (QED) is 0.778. The largest absolute Gasteiger partial charge is 0.383 e. The Bertz CT molecular complexity index is 877. The summed E-state index contributed by atoms with van der Waals surface area (Å²) in [5, 5.41) is 2.77. The van der Waals surface area contributed by atoms with E-state index in [1.54, 1.807) is 38.3 Å². The van der Waals surface area contributed by atoms with Crippen molar-refractivity contribution in [2.24, 2.45) is 0 Å². The fraction of sp³-hybridized carbons (Fsp3) is 0.316. The van der Waals surface area contributed by atoms with Gasteiger partial charge in [-0.15, -0.1) is 0 Å². The molecule has 0 aliphatic heterocycles. The second-order valence-corrected chi connectivity index (χ2v) is 7.93. The van der Waals surface area contributed by atoms with Crippen molar-refractivity contribution >= 4 is 21.6 Å². The van der Waals surface area contributed by atoms with Crippen molar-refractivity contribution in [1.29, 1.82) is 0 Å². The average molecular weight is 376 g/mol. The Labute approximate surface area is 154 Å². The molecule has 26 heavy (non-hydrogen) atoms. The SMILES string of the molecule is COC[C@@H](C)NC(=O)c1ccc(C)c(S(=O)(=O)Nc2ccc(C)cc2)c1. The van der Waals surface area contributed by atoms with Gasteiger partial charge in [0.15, 0.2) is 0 Å². The van der Waals surface area contributed by atoms with Crippen molar-refractivity contribution in [3.8, 4) is 0 Å². The molecule has 1 amide bonds. The van der Waals surface area contributed by atoms with Crippen LogP contribution in [0.4, 0.5) is 5.69 Å². The number of hydrogen-bond donors (Lipinski definition) is 2. The second-order valence-electron chi connectivity index (χ2n) is 6.28. The molecular formula is C19H24N2O4S. The summed E-state index contributed by atoms with van der Waals surface area (Å²) in [5.74, 6) is -0.346. The predicted octanol–water partition coefficient (Wildman–Crippen LogP) is 2.87. The summed E-state index contributed by atoms with van der Waals surface area (Å²) < 4.78 is 33.0. The highest BCUT2D eigenvalue weighted by molar-refractivity contribution is 7.92. The van der Waals surface area contributed by atoms with Crippen molar-refractivity contribution in [1.82, 2.24) is 5.32 Å². The lowest BCUT2D eigenvalue weighted by Crippen LogP contribution is -2.35. The molecule has 0 aliphatic rings. The van der Waals surface area contributed by atoms with Gasteiger partial charge in [0.2, 0.25) is 0 Å². The highest BCUT2D eigenvalue weighted by Crippen LogP contribution is 2.21. The van der Waals surface area contributed by atoms with E-state index < -0.39 is 10.0 Å². The first-order valence-corrected chi connectivity index (χ1v) is 9.71. The van der Waals surface area contributed by atoms with E-state index in [4.69, 9.17) is 4.74 Å². The lowest BCUT2D eigenvalue weighted by molar-refractivity contribution is 0.0905. The van der Waals surface area contributed by atoms with Gasteiger partial charge >= 0.3 is 0 Å². The molecule has 0 saturated carbocycles. The van der Waals surface area contributed by atoms with E-state index in [2.05, 4.69) is 10.0 Å². The molecule has 0 bridgehead atoms. The Hall–Kier alpha value is -2.38. The number of methoxy groups -OCH3 is 1. The Kier molecular flexibility index (Phi) is 6.39. The van der Waals surface area contributed by atoms with Crippen LogP contribution in [-0.2, 0) is 14.8 Å². The van der Waals surface area contributed by atoms with Crippen molar-refractivity contribution in [2.75, 3.05) is 18.4 Å². The monoisotopic (exact) mass is 376 g/mol. The van der Waals surface area contributed by atoms with Gasteiger partial charge in [0, 0.05) is 24.4 Å². The van der Waals surface area contributed by atoms with Gasteiger partial charge in [-0.25, -0.2) is 8.42 Å². The second kappa shape index (κ2) is 8.33. The van der Waals surface area contributed by atoms with Crippen LogP contribution in [0.2, 0.25) is 0 Å². The molecule has 0 saturated heterocycles. The Morgan fingerprint density at radius 2 is 1.77 bits per heavy atom. The molecule has 0 heterocycles. The molecule has 1 atom stereocenters. The first-order valence-electron chi connectivity index (χ1n) is 8.23. The number of rotatable bonds is 7. The lowest BCUT2D eigenvalue weighted by atomic mass is 10.1. The molecule has 140 valence electrons. The Balaban J connectivity index is 2.27. The molecule has 2 aromatic carbocycles. The fourth-order valence-electron chi connectivity index (χ4n) is 2.46. The van der Waals surface area contributed by atoms with Crippen LogP contribution in [0.3, 0.4) is 0 Å². The number of nitrogens with one attached hydrogen (secondary N) is 2. The van der Waals surface area contributed by atoms with Gasteiger partial charge in [0.05, 0.1) is 11.5 Å². The van der Waals surface area contributed by atoms with E-state index in [1.807, 2.05) is 26.0 Å². The van der Waals surface area contributed by atoms with Gasteiger partial charge in [-0.3, -0.25) is 9.52 Å². The number of sulfonamides is 1. The number of amides is 1. The zero-order chi connectivity index (χ0) is 19.3. The third kappa shape index (κ3) is 5.06. The van der Waals surface area contributed by atoms with Gasteiger partial charge in [-0.1, -0.05) is 23.8 Å². The van der Waals surface area contributed by atoms with E-state index >= 15 is 0 Å². The zero-order valence-corrected chi connectivity index (χ0v) is 16.2. The van der Waals surface area contributed by atoms with E-state index in [-0.39, 0.29) is 22.4 Å². The third-order valence-corrected chi connectivity index (χ3v) is 5.36. The van der Waals surface area contributed by atoms with Crippen LogP contribution in [-0.4, -0.2) is 34.1 Å². The molecule has 7 heteroatoms. The molecule has 0 aromatic heterocycles. The summed E-state index contributed by atoms with van der Waals surface area (Å²) in [6.45, 7) is 5.80. The summed E-state index contributed by atoms with van der Waals surface area (Å²) >= 11 is 0. The van der Waals surface area contributed by atoms with Crippen LogP contribution in [0.5, 0.6) is 0 Å². The van der Waals surface area contributed by atoms with Gasteiger partial charge in [0.25, 0.3) is 15.9 Å². The number of carbonyl (C=O) groups excluding carboxylic acids is 1. The molecule has 2 N–H and O–H groups in total. The van der Waals surface area contributed by atoms with E-state index in [1.165, 1.54) is 6.07 Å². The molecule has 2 rings (SSSR count). The number of hydrogen-bond acceptors (Lipinski definition) is 4. The van der Waals surface area contributed by atoms with Crippen LogP contribution < -0.4 is 10.0 Å². The highest BCUT2D eigenvalue weighted by Gasteiger charge is 2.20.